The molecule has 2 rings (SSSR count). The SMILES string of the molecule is COC(=O)c1ccccc1-c1cccc(Br)c1OC. The van der Waals surface area contributed by atoms with Crippen molar-refractivity contribution in [2.45, 2.75) is 0 Å². The van der Waals surface area contributed by atoms with Crippen LogP contribution < -0.4 is 4.74 Å². The lowest BCUT2D eigenvalue weighted by Crippen LogP contribution is -2.03. The third kappa shape index (κ3) is 2.63. The summed E-state index contributed by atoms with van der Waals surface area (Å²) in [5.41, 5.74) is 2.15. The molecule has 3 nitrogen and oxygen atoms in total. The van der Waals surface area contributed by atoms with Gasteiger partial charge in [0.15, 0.2) is 0 Å². The first-order valence-corrected chi connectivity index (χ1v) is 6.48. The summed E-state index contributed by atoms with van der Waals surface area (Å²) < 4.78 is 11.1. The molecule has 0 aliphatic rings. The Bertz CT molecular complexity index is 608. The van der Waals surface area contributed by atoms with Crippen LogP contribution in [0.3, 0.4) is 0 Å². The van der Waals surface area contributed by atoms with Crippen molar-refractivity contribution in [1.82, 2.24) is 0 Å². The minimum Gasteiger partial charge on any atom is -0.495 e. The molecule has 0 amide bonds. The molecule has 0 saturated heterocycles. The van der Waals surface area contributed by atoms with Crippen molar-refractivity contribution in [2.24, 2.45) is 0 Å². The molecule has 0 radical (unpaired) electrons. The first-order chi connectivity index (χ1) is 9.19. The molecule has 19 heavy (non-hydrogen) atoms. The molecule has 2 aromatic carbocycles. The van der Waals surface area contributed by atoms with Gasteiger partial charge in [0.05, 0.1) is 24.3 Å². The van der Waals surface area contributed by atoms with E-state index in [2.05, 4.69) is 15.9 Å². The molecular weight excluding hydrogens is 308 g/mol. The maximum absolute atomic E-state index is 11.8. The first-order valence-electron chi connectivity index (χ1n) is 5.69. The maximum atomic E-state index is 11.8. The van der Waals surface area contributed by atoms with Crippen molar-refractivity contribution < 1.29 is 14.3 Å². The molecule has 0 saturated carbocycles. The van der Waals surface area contributed by atoms with Crippen molar-refractivity contribution >= 4 is 21.9 Å². The summed E-state index contributed by atoms with van der Waals surface area (Å²) in [6.07, 6.45) is 0. The van der Waals surface area contributed by atoms with E-state index < -0.39 is 0 Å². The standard InChI is InChI=1S/C15H13BrO3/c1-18-14-11(8-5-9-13(14)16)10-6-3-4-7-12(10)15(17)19-2/h3-9H,1-2H3. The average molecular weight is 321 g/mol. The van der Waals surface area contributed by atoms with E-state index in [0.29, 0.717) is 11.3 Å². The molecule has 0 aliphatic heterocycles. The Balaban J connectivity index is 2.66. The molecule has 4 heteroatoms. The number of carbonyl (C=O) groups is 1. The molecular formula is C15H13BrO3. The number of esters is 1. The van der Waals surface area contributed by atoms with Gasteiger partial charge in [-0.3, -0.25) is 0 Å². The second-order valence-corrected chi connectivity index (χ2v) is 4.71. The second-order valence-electron chi connectivity index (χ2n) is 3.86. The minimum absolute atomic E-state index is 0.363. The van der Waals surface area contributed by atoms with Crippen LogP contribution in [-0.2, 0) is 4.74 Å². The summed E-state index contributed by atoms with van der Waals surface area (Å²) in [5, 5.41) is 0. The van der Waals surface area contributed by atoms with Gasteiger partial charge >= 0.3 is 5.97 Å². The van der Waals surface area contributed by atoms with E-state index in [9.17, 15) is 4.79 Å². The predicted molar refractivity (Wildman–Crippen MR) is 77.5 cm³/mol. The number of rotatable bonds is 3. The molecule has 0 aliphatic carbocycles. The molecule has 98 valence electrons. The molecule has 0 heterocycles. The fourth-order valence-electron chi connectivity index (χ4n) is 1.93. The highest BCUT2D eigenvalue weighted by molar-refractivity contribution is 9.10. The highest BCUT2D eigenvalue weighted by Crippen LogP contribution is 2.37. The van der Waals surface area contributed by atoms with E-state index in [1.807, 2.05) is 30.3 Å². The number of halogens is 1. The van der Waals surface area contributed by atoms with E-state index in [1.165, 1.54) is 7.11 Å². The Morgan fingerprint density at radius 3 is 2.37 bits per heavy atom. The molecule has 0 spiro atoms. The van der Waals surface area contributed by atoms with Gasteiger partial charge in [-0.1, -0.05) is 30.3 Å². The molecule has 0 bridgehead atoms. The van der Waals surface area contributed by atoms with Crippen LogP contribution in [0.15, 0.2) is 46.9 Å². The number of methoxy groups -OCH3 is 2. The summed E-state index contributed by atoms with van der Waals surface area (Å²) in [7, 11) is 2.97. The molecule has 0 unspecified atom stereocenters. The van der Waals surface area contributed by atoms with Crippen molar-refractivity contribution in [2.75, 3.05) is 14.2 Å². The van der Waals surface area contributed by atoms with Crippen LogP contribution in [0, 0.1) is 0 Å². The van der Waals surface area contributed by atoms with E-state index in [0.717, 1.165) is 15.6 Å². The van der Waals surface area contributed by atoms with E-state index >= 15 is 0 Å². The number of hydrogen-bond donors (Lipinski definition) is 0. The van der Waals surface area contributed by atoms with Gasteiger partial charge in [-0.2, -0.15) is 0 Å². The molecule has 0 N–H and O–H groups in total. The van der Waals surface area contributed by atoms with Gasteiger partial charge in [0, 0.05) is 5.56 Å². The Hall–Kier alpha value is -1.81. The van der Waals surface area contributed by atoms with Crippen molar-refractivity contribution in [3.05, 3.63) is 52.5 Å². The topological polar surface area (TPSA) is 35.5 Å². The van der Waals surface area contributed by atoms with Crippen molar-refractivity contribution in [3.8, 4) is 16.9 Å². The smallest absolute Gasteiger partial charge is 0.338 e. The fraction of sp³-hybridized carbons (Fsp3) is 0.133. The lowest BCUT2D eigenvalue weighted by molar-refractivity contribution is 0.0601. The molecule has 0 atom stereocenters. The highest BCUT2D eigenvalue weighted by atomic mass is 79.9. The van der Waals surface area contributed by atoms with Crippen LogP contribution in [-0.4, -0.2) is 20.2 Å². The van der Waals surface area contributed by atoms with E-state index in [4.69, 9.17) is 9.47 Å². The van der Waals surface area contributed by atoms with Gasteiger partial charge in [0.1, 0.15) is 5.75 Å². The summed E-state index contributed by atoms with van der Waals surface area (Å²) in [6, 6.07) is 13.0. The first kappa shape index (κ1) is 13.6. The Kier molecular flexibility index (Phi) is 4.22. The van der Waals surface area contributed by atoms with E-state index in [-0.39, 0.29) is 5.97 Å². The largest absolute Gasteiger partial charge is 0.495 e. The number of carbonyl (C=O) groups excluding carboxylic acids is 1. The van der Waals surface area contributed by atoms with Gasteiger partial charge in [0.25, 0.3) is 0 Å². The van der Waals surface area contributed by atoms with Gasteiger partial charge in [-0.15, -0.1) is 0 Å². The summed E-state index contributed by atoms with van der Waals surface area (Å²) >= 11 is 3.44. The summed E-state index contributed by atoms with van der Waals surface area (Å²) in [6.45, 7) is 0. The maximum Gasteiger partial charge on any atom is 0.338 e. The predicted octanol–water partition coefficient (Wildman–Crippen LogP) is 3.91. The average Bonchev–Trinajstić information content (AvgIpc) is 2.46. The third-order valence-electron chi connectivity index (χ3n) is 2.79. The van der Waals surface area contributed by atoms with Crippen LogP contribution in [0.5, 0.6) is 5.75 Å². The van der Waals surface area contributed by atoms with Gasteiger partial charge in [0.2, 0.25) is 0 Å². The van der Waals surface area contributed by atoms with Gasteiger partial charge in [-0.25, -0.2) is 4.79 Å². The van der Waals surface area contributed by atoms with Crippen molar-refractivity contribution in [3.63, 3.8) is 0 Å². The Labute approximate surface area is 120 Å². The Morgan fingerprint density at radius 2 is 1.68 bits per heavy atom. The van der Waals surface area contributed by atoms with Crippen LogP contribution in [0.4, 0.5) is 0 Å². The third-order valence-corrected chi connectivity index (χ3v) is 3.42. The van der Waals surface area contributed by atoms with Crippen LogP contribution in [0.1, 0.15) is 10.4 Å². The van der Waals surface area contributed by atoms with Crippen LogP contribution >= 0.6 is 15.9 Å². The number of hydrogen-bond acceptors (Lipinski definition) is 3. The zero-order chi connectivity index (χ0) is 13.8. The minimum atomic E-state index is -0.363. The van der Waals surface area contributed by atoms with E-state index in [1.54, 1.807) is 19.2 Å². The molecule has 2 aromatic rings. The summed E-state index contributed by atoms with van der Waals surface area (Å²) in [5.74, 6) is 0.330. The normalized spacial score (nSPS) is 10.1. The molecule has 0 fully saturated rings. The fourth-order valence-corrected chi connectivity index (χ4v) is 2.46. The second kappa shape index (κ2) is 5.89. The van der Waals surface area contributed by atoms with Gasteiger partial charge < -0.3 is 9.47 Å². The zero-order valence-corrected chi connectivity index (χ0v) is 12.2. The van der Waals surface area contributed by atoms with Crippen LogP contribution in [0.2, 0.25) is 0 Å². The van der Waals surface area contributed by atoms with Gasteiger partial charge in [-0.05, 0) is 33.6 Å². The number of ether oxygens (including phenoxy) is 2. The zero-order valence-electron chi connectivity index (χ0n) is 10.6. The number of benzene rings is 2. The summed E-state index contributed by atoms with van der Waals surface area (Å²) in [4.78, 5) is 11.8. The van der Waals surface area contributed by atoms with Crippen LogP contribution in [0.25, 0.3) is 11.1 Å². The molecule has 0 aromatic heterocycles. The Morgan fingerprint density at radius 1 is 1.00 bits per heavy atom. The number of para-hydroxylation sites is 1. The lowest BCUT2D eigenvalue weighted by atomic mass is 9.99. The highest BCUT2D eigenvalue weighted by Gasteiger charge is 2.16. The lowest BCUT2D eigenvalue weighted by Gasteiger charge is -2.13. The quantitative estimate of drug-likeness (QED) is 0.804. The monoisotopic (exact) mass is 320 g/mol. The van der Waals surface area contributed by atoms with Crippen molar-refractivity contribution in [1.29, 1.82) is 0 Å².